The van der Waals surface area contributed by atoms with E-state index in [1.165, 1.54) is 0 Å². The summed E-state index contributed by atoms with van der Waals surface area (Å²) in [5.41, 5.74) is 1.74. The Morgan fingerprint density at radius 1 is 1.21 bits per heavy atom. The van der Waals surface area contributed by atoms with Gasteiger partial charge in [0.05, 0.1) is 22.8 Å². The van der Waals surface area contributed by atoms with E-state index in [1.54, 1.807) is 47.2 Å². The van der Waals surface area contributed by atoms with Gasteiger partial charge >= 0.3 is 0 Å². The molecule has 0 radical (unpaired) electrons. The topological polar surface area (TPSA) is 42.4 Å². The minimum atomic E-state index is -0.0164. The van der Waals surface area contributed by atoms with Gasteiger partial charge in [-0.1, -0.05) is 23.7 Å². The van der Waals surface area contributed by atoms with Crippen molar-refractivity contribution in [3.63, 3.8) is 0 Å². The molecule has 0 saturated heterocycles. The second-order valence-electron chi connectivity index (χ2n) is 6.17. The van der Waals surface area contributed by atoms with Crippen molar-refractivity contribution < 1.29 is 9.53 Å². The third-order valence-corrected chi connectivity index (χ3v) is 6.20. The lowest BCUT2D eigenvalue weighted by Crippen LogP contribution is -2.31. The van der Waals surface area contributed by atoms with E-state index in [0.717, 1.165) is 27.1 Å². The predicted octanol–water partition coefficient (Wildman–Crippen LogP) is 5.55. The van der Waals surface area contributed by atoms with E-state index in [9.17, 15) is 4.79 Å². The van der Waals surface area contributed by atoms with Crippen LogP contribution in [0.25, 0.3) is 0 Å². The van der Waals surface area contributed by atoms with Gasteiger partial charge in [-0.25, -0.2) is 4.98 Å². The van der Waals surface area contributed by atoms with Crippen molar-refractivity contribution in [2.24, 2.45) is 0 Å². The summed E-state index contributed by atoms with van der Waals surface area (Å²) in [7, 11) is 1.79. The number of nitrogens with zero attached hydrogens (tertiary/aromatic N) is 2. The van der Waals surface area contributed by atoms with Crippen molar-refractivity contribution in [1.82, 2.24) is 9.88 Å². The molecule has 4 nitrogen and oxygen atoms in total. The van der Waals surface area contributed by atoms with Gasteiger partial charge in [0.1, 0.15) is 12.4 Å². The van der Waals surface area contributed by atoms with Crippen LogP contribution in [0.2, 0.25) is 5.02 Å². The highest BCUT2D eigenvalue weighted by atomic mass is 35.5. The van der Waals surface area contributed by atoms with E-state index in [-0.39, 0.29) is 5.91 Å². The zero-order valence-electron chi connectivity index (χ0n) is 15.7. The third-order valence-electron chi connectivity index (χ3n) is 4.02. The van der Waals surface area contributed by atoms with Crippen LogP contribution in [0.5, 0.6) is 5.75 Å². The molecule has 0 saturated carbocycles. The monoisotopic (exact) mass is 432 g/mol. The van der Waals surface area contributed by atoms with Crippen molar-refractivity contribution in [3.8, 4) is 5.75 Å². The van der Waals surface area contributed by atoms with Crippen LogP contribution >= 0.6 is 34.7 Å². The lowest BCUT2D eigenvalue weighted by atomic mass is 10.2. The maximum absolute atomic E-state index is 12.9. The number of aryl methyl sites for hydroxylation is 1. The number of halogens is 1. The summed E-state index contributed by atoms with van der Waals surface area (Å²) in [6.45, 7) is 2.90. The molecule has 1 aromatic heterocycles. The molecular formula is C21H21ClN2O2S2. The molecular weight excluding hydrogens is 412 g/mol. The Morgan fingerprint density at radius 3 is 2.68 bits per heavy atom. The number of carbonyl (C=O) groups excluding carboxylic acids is 1. The number of amides is 1. The summed E-state index contributed by atoms with van der Waals surface area (Å²) in [6, 6.07) is 14.9. The molecule has 0 N–H and O–H groups in total. The molecule has 0 spiro atoms. The number of hydrogen-bond donors (Lipinski definition) is 0. The Bertz CT molecular complexity index is 928. The van der Waals surface area contributed by atoms with Crippen molar-refractivity contribution in [3.05, 3.63) is 75.2 Å². The molecule has 28 heavy (non-hydrogen) atoms. The second-order valence-corrected chi connectivity index (χ2v) is 8.69. The maximum atomic E-state index is 12.9. The molecule has 3 rings (SSSR count). The zero-order valence-corrected chi connectivity index (χ0v) is 18.1. The molecule has 0 bridgehead atoms. The lowest BCUT2D eigenvalue weighted by Gasteiger charge is -2.19. The van der Waals surface area contributed by atoms with Gasteiger partial charge in [-0.3, -0.25) is 4.79 Å². The normalized spacial score (nSPS) is 10.7. The number of aromatic nitrogens is 1. The van der Waals surface area contributed by atoms with Crippen LogP contribution in [-0.2, 0) is 5.75 Å². The Labute approximate surface area is 178 Å². The van der Waals surface area contributed by atoms with Gasteiger partial charge in [-0.15, -0.1) is 23.1 Å². The van der Waals surface area contributed by atoms with Gasteiger partial charge in [-0.2, -0.15) is 0 Å². The fourth-order valence-electron chi connectivity index (χ4n) is 2.53. The van der Waals surface area contributed by atoms with Crippen LogP contribution in [0.4, 0.5) is 0 Å². The van der Waals surface area contributed by atoms with Crippen molar-refractivity contribution in [2.75, 3.05) is 20.2 Å². The number of ether oxygens (including phenoxy) is 1. The van der Waals surface area contributed by atoms with Crippen LogP contribution in [0.15, 0.2) is 58.8 Å². The quantitative estimate of drug-likeness (QED) is 0.438. The summed E-state index contributed by atoms with van der Waals surface area (Å²) in [5.74, 6) is 1.47. The van der Waals surface area contributed by atoms with Gasteiger partial charge in [0.25, 0.3) is 5.91 Å². The molecule has 2 aromatic carbocycles. The number of thioether (sulfide) groups is 1. The Morgan fingerprint density at radius 2 is 1.96 bits per heavy atom. The lowest BCUT2D eigenvalue weighted by molar-refractivity contribution is 0.0770. The number of likely N-dealkylation sites (N-methyl/N-ethyl adjacent to an activating group) is 1. The van der Waals surface area contributed by atoms with Gasteiger partial charge in [0.15, 0.2) is 0 Å². The zero-order chi connectivity index (χ0) is 19.9. The SMILES string of the molecule is Cc1nc(CSc2ccccc2C(=O)N(C)CCOc2ccc(Cl)cc2)cs1. The number of carbonyl (C=O) groups is 1. The number of thiazole rings is 1. The molecule has 1 amide bonds. The number of rotatable bonds is 8. The molecule has 7 heteroatoms. The fraction of sp³-hybridized carbons (Fsp3) is 0.238. The van der Waals surface area contributed by atoms with Gasteiger partial charge < -0.3 is 9.64 Å². The second kappa shape index (κ2) is 9.96. The first-order valence-corrected chi connectivity index (χ1v) is 11.0. The summed E-state index contributed by atoms with van der Waals surface area (Å²) >= 11 is 9.15. The minimum absolute atomic E-state index is 0.0164. The number of hydrogen-bond acceptors (Lipinski definition) is 5. The van der Waals surface area contributed by atoms with Crippen molar-refractivity contribution >= 4 is 40.6 Å². The molecule has 0 aliphatic heterocycles. The number of benzene rings is 2. The third kappa shape index (κ3) is 5.74. The van der Waals surface area contributed by atoms with Crippen LogP contribution < -0.4 is 4.74 Å². The largest absolute Gasteiger partial charge is 0.492 e. The van der Waals surface area contributed by atoms with Gasteiger partial charge in [-0.05, 0) is 43.3 Å². The maximum Gasteiger partial charge on any atom is 0.254 e. The van der Waals surface area contributed by atoms with Crippen LogP contribution in [-0.4, -0.2) is 36.0 Å². The highest BCUT2D eigenvalue weighted by Crippen LogP contribution is 2.27. The van der Waals surface area contributed by atoms with Gasteiger partial charge in [0.2, 0.25) is 0 Å². The predicted molar refractivity (Wildman–Crippen MR) is 117 cm³/mol. The van der Waals surface area contributed by atoms with E-state index >= 15 is 0 Å². The summed E-state index contributed by atoms with van der Waals surface area (Å²) in [4.78, 5) is 20.0. The molecule has 0 atom stereocenters. The Hall–Kier alpha value is -2.02. The van der Waals surface area contributed by atoms with E-state index in [4.69, 9.17) is 16.3 Å². The molecule has 3 aromatic rings. The highest BCUT2D eigenvalue weighted by Gasteiger charge is 2.16. The van der Waals surface area contributed by atoms with E-state index in [0.29, 0.717) is 23.7 Å². The van der Waals surface area contributed by atoms with Gasteiger partial charge in [0, 0.05) is 28.1 Å². The van der Waals surface area contributed by atoms with Crippen LogP contribution in [0, 0.1) is 6.92 Å². The molecule has 146 valence electrons. The smallest absolute Gasteiger partial charge is 0.254 e. The summed E-state index contributed by atoms with van der Waals surface area (Å²) in [5, 5.41) is 3.79. The molecule has 0 unspecified atom stereocenters. The Balaban J connectivity index is 1.57. The Kier molecular flexibility index (Phi) is 7.36. The van der Waals surface area contributed by atoms with E-state index < -0.39 is 0 Å². The molecule has 0 fully saturated rings. The molecule has 0 aliphatic carbocycles. The first kappa shape index (κ1) is 20.7. The van der Waals surface area contributed by atoms with Crippen LogP contribution in [0.3, 0.4) is 0 Å². The average molecular weight is 433 g/mol. The minimum Gasteiger partial charge on any atom is -0.492 e. The van der Waals surface area contributed by atoms with E-state index in [1.807, 2.05) is 43.3 Å². The van der Waals surface area contributed by atoms with Crippen LogP contribution in [0.1, 0.15) is 21.1 Å². The summed E-state index contributed by atoms with van der Waals surface area (Å²) in [6.07, 6.45) is 0. The highest BCUT2D eigenvalue weighted by molar-refractivity contribution is 7.98. The average Bonchev–Trinajstić information content (AvgIpc) is 3.12. The fourth-order valence-corrected chi connectivity index (χ4v) is 4.31. The molecule has 0 aliphatic rings. The standard InChI is InChI=1S/C21H21ClN2O2S2/c1-15-23-17(13-27-15)14-28-20-6-4-3-5-19(20)21(25)24(2)11-12-26-18-9-7-16(22)8-10-18/h3-10,13H,11-12,14H2,1-2H3. The van der Waals surface area contributed by atoms with Crippen molar-refractivity contribution in [2.45, 2.75) is 17.6 Å². The van der Waals surface area contributed by atoms with Crippen molar-refractivity contribution in [1.29, 1.82) is 0 Å². The summed E-state index contributed by atoms with van der Waals surface area (Å²) < 4.78 is 5.69. The van der Waals surface area contributed by atoms with E-state index in [2.05, 4.69) is 10.4 Å². The molecule has 1 heterocycles. The first-order chi connectivity index (χ1) is 13.5. The first-order valence-electron chi connectivity index (χ1n) is 8.79.